The molecule has 0 fully saturated rings. The summed E-state index contributed by atoms with van der Waals surface area (Å²) in [6, 6.07) is 2.73. The van der Waals surface area contributed by atoms with Gasteiger partial charge in [-0.05, 0) is 30.5 Å². The van der Waals surface area contributed by atoms with Crippen molar-refractivity contribution in [3.8, 4) is 5.75 Å². The largest absolute Gasteiger partial charge is 0.434 e. The van der Waals surface area contributed by atoms with E-state index in [2.05, 4.69) is 4.74 Å². The third-order valence-corrected chi connectivity index (χ3v) is 2.59. The maximum absolute atomic E-state index is 12.7. The molecule has 0 radical (unpaired) electrons. The Kier molecular flexibility index (Phi) is 5.11. The Hall–Kier alpha value is -1.37. The smallest absolute Gasteiger partial charge is 0.419 e. The van der Waals surface area contributed by atoms with E-state index in [1.165, 1.54) is 6.07 Å². The summed E-state index contributed by atoms with van der Waals surface area (Å²) in [5.41, 5.74) is 4.77. The lowest BCUT2D eigenvalue weighted by molar-refractivity contribution is -0.141. The van der Waals surface area contributed by atoms with Crippen molar-refractivity contribution in [3.05, 3.63) is 29.3 Å². The highest BCUT2D eigenvalue weighted by atomic mass is 19.4. The maximum atomic E-state index is 12.7. The molecule has 0 bridgehead atoms. The molecule has 0 aliphatic carbocycles. The predicted molar refractivity (Wildman–Crippen MR) is 60.0 cm³/mol. The van der Waals surface area contributed by atoms with E-state index in [1.807, 2.05) is 6.92 Å². The summed E-state index contributed by atoms with van der Waals surface area (Å²) in [4.78, 5) is 0. The number of ether oxygens (including phenoxy) is 1. The molecule has 2 N–H and O–H groups in total. The van der Waals surface area contributed by atoms with E-state index in [9.17, 15) is 22.0 Å². The molecule has 1 aromatic carbocycles. The predicted octanol–water partition coefficient (Wildman–Crippen LogP) is 3.59. The molecule has 0 spiro atoms. The summed E-state index contributed by atoms with van der Waals surface area (Å²) >= 11 is 0. The maximum Gasteiger partial charge on any atom is 0.419 e. The number of hydrogen-bond donors (Lipinski definition) is 1. The van der Waals surface area contributed by atoms with Gasteiger partial charge in [0.25, 0.3) is 0 Å². The average Bonchev–Trinajstić information content (AvgIpc) is 2.28. The molecule has 2 nitrogen and oxygen atoms in total. The van der Waals surface area contributed by atoms with Gasteiger partial charge in [-0.3, -0.25) is 0 Å². The van der Waals surface area contributed by atoms with Gasteiger partial charge in [0.2, 0.25) is 0 Å². The lowest BCUT2D eigenvalue weighted by Gasteiger charge is -2.16. The molecular weight excluding hydrogens is 269 g/mol. The van der Waals surface area contributed by atoms with Crippen LogP contribution in [0.1, 0.15) is 24.5 Å². The normalized spacial score (nSPS) is 13.7. The van der Waals surface area contributed by atoms with E-state index in [-0.39, 0.29) is 12.5 Å². The second kappa shape index (κ2) is 6.18. The molecule has 1 aromatic rings. The van der Waals surface area contributed by atoms with E-state index >= 15 is 0 Å². The fourth-order valence-electron chi connectivity index (χ4n) is 1.57. The molecule has 1 atom stereocenters. The van der Waals surface area contributed by atoms with Crippen molar-refractivity contribution in [2.45, 2.75) is 38.6 Å². The Morgan fingerprint density at radius 1 is 1.26 bits per heavy atom. The zero-order valence-corrected chi connectivity index (χ0v) is 10.2. The molecule has 1 unspecified atom stereocenters. The van der Waals surface area contributed by atoms with Gasteiger partial charge in [-0.2, -0.15) is 22.0 Å². The Labute approximate surface area is 107 Å². The van der Waals surface area contributed by atoms with Gasteiger partial charge in [0.15, 0.2) is 0 Å². The SMILES string of the molecule is CCC(N)Cc1ccc(OC(F)F)c(C(F)(F)F)c1. The quantitative estimate of drug-likeness (QED) is 0.838. The number of halogens is 5. The molecule has 0 saturated carbocycles. The van der Waals surface area contributed by atoms with Gasteiger partial charge in [-0.25, -0.2) is 0 Å². The van der Waals surface area contributed by atoms with Crippen LogP contribution in [0, 0.1) is 0 Å². The molecular formula is C12H14F5NO. The van der Waals surface area contributed by atoms with Crippen LogP contribution in [-0.2, 0) is 12.6 Å². The zero-order chi connectivity index (χ0) is 14.6. The lowest BCUT2D eigenvalue weighted by Crippen LogP contribution is -2.22. The summed E-state index contributed by atoms with van der Waals surface area (Å²) in [6.07, 6.45) is -3.90. The van der Waals surface area contributed by atoms with Crippen molar-refractivity contribution >= 4 is 0 Å². The molecule has 0 amide bonds. The fraction of sp³-hybridized carbons (Fsp3) is 0.500. The van der Waals surface area contributed by atoms with E-state index < -0.39 is 24.1 Å². The number of benzene rings is 1. The van der Waals surface area contributed by atoms with Crippen LogP contribution in [0.5, 0.6) is 5.75 Å². The molecule has 0 aromatic heterocycles. The van der Waals surface area contributed by atoms with Crippen LogP contribution in [-0.4, -0.2) is 12.7 Å². The minimum Gasteiger partial charge on any atom is -0.434 e. The van der Waals surface area contributed by atoms with Crippen LogP contribution in [0.2, 0.25) is 0 Å². The van der Waals surface area contributed by atoms with Crippen molar-refractivity contribution in [2.75, 3.05) is 0 Å². The molecule has 0 aliphatic rings. The van der Waals surface area contributed by atoms with E-state index in [0.29, 0.717) is 12.0 Å². The number of hydrogen-bond acceptors (Lipinski definition) is 2. The van der Waals surface area contributed by atoms with Gasteiger partial charge in [-0.15, -0.1) is 0 Å². The summed E-state index contributed by atoms with van der Waals surface area (Å²) in [5.74, 6) is -0.878. The summed E-state index contributed by atoms with van der Waals surface area (Å²) in [5, 5.41) is 0. The Morgan fingerprint density at radius 3 is 2.37 bits per heavy atom. The molecule has 0 heterocycles. The second-order valence-electron chi connectivity index (χ2n) is 4.08. The van der Waals surface area contributed by atoms with Crippen LogP contribution in [0.15, 0.2) is 18.2 Å². The topological polar surface area (TPSA) is 35.2 Å². The molecule has 7 heteroatoms. The molecule has 108 valence electrons. The van der Waals surface area contributed by atoms with Crippen LogP contribution >= 0.6 is 0 Å². The van der Waals surface area contributed by atoms with E-state index in [0.717, 1.165) is 12.1 Å². The van der Waals surface area contributed by atoms with Gasteiger partial charge in [0.05, 0.1) is 5.56 Å². The van der Waals surface area contributed by atoms with Crippen LogP contribution < -0.4 is 10.5 Å². The van der Waals surface area contributed by atoms with Crippen molar-refractivity contribution < 1.29 is 26.7 Å². The second-order valence-corrected chi connectivity index (χ2v) is 4.08. The highest BCUT2D eigenvalue weighted by Crippen LogP contribution is 2.37. The number of alkyl halides is 5. The van der Waals surface area contributed by atoms with E-state index in [1.54, 1.807) is 0 Å². The Bertz CT molecular complexity index is 419. The molecule has 0 saturated heterocycles. The van der Waals surface area contributed by atoms with Gasteiger partial charge in [-0.1, -0.05) is 13.0 Å². The number of nitrogens with two attached hydrogens (primary N) is 1. The molecule has 1 rings (SSSR count). The van der Waals surface area contributed by atoms with Crippen molar-refractivity contribution in [2.24, 2.45) is 5.73 Å². The van der Waals surface area contributed by atoms with Crippen LogP contribution in [0.3, 0.4) is 0 Å². The van der Waals surface area contributed by atoms with Crippen molar-refractivity contribution in [3.63, 3.8) is 0 Å². The fourth-order valence-corrected chi connectivity index (χ4v) is 1.57. The summed E-state index contributed by atoms with van der Waals surface area (Å²) < 4.78 is 66.2. The van der Waals surface area contributed by atoms with Gasteiger partial charge < -0.3 is 10.5 Å². The monoisotopic (exact) mass is 283 g/mol. The lowest BCUT2D eigenvalue weighted by atomic mass is 10.0. The van der Waals surface area contributed by atoms with Gasteiger partial charge in [0, 0.05) is 6.04 Å². The minimum absolute atomic E-state index is 0.245. The third kappa shape index (κ3) is 4.66. The van der Waals surface area contributed by atoms with Crippen LogP contribution in [0.25, 0.3) is 0 Å². The van der Waals surface area contributed by atoms with E-state index in [4.69, 9.17) is 5.73 Å². The first-order chi connectivity index (χ1) is 8.74. The van der Waals surface area contributed by atoms with Crippen LogP contribution in [0.4, 0.5) is 22.0 Å². The Balaban J connectivity index is 3.08. The average molecular weight is 283 g/mol. The standard InChI is InChI=1S/C12H14F5NO/c1-2-8(18)5-7-3-4-10(19-11(13)14)9(6-7)12(15,16)17/h3-4,6,8,11H,2,5,18H2,1H3. The highest BCUT2D eigenvalue weighted by Gasteiger charge is 2.35. The summed E-state index contributed by atoms with van der Waals surface area (Å²) in [6.45, 7) is -1.49. The van der Waals surface area contributed by atoms with Gasteiger partial charge >= 0.3 is 12.8 Å². The highest BCUT2D eigenvalue weighted by molar-refractivity contribution is 5.39. The molecule has 0 aliphatic heterocycles. The summed E-state index contributed by atoms with van der Waals surface area (Å²) in [7, 11) is 0. The minimum atomic E-state index is -4.75. The van der Waals surface area contributed by atoms with Crippen molar-refractivity contribution in [1.82, 2.24) is 0 Å². The van der Waals surface area contributed by atoms with Gasteiger partial charge in [0.1, 0.15) is 5.75 Å². The van der Waals surface area contributed by atoms with Crippen molar-refractivity contribution in [1.29, 1.82) is 0 Å². The Morgan fingerprint density at radius 2 is 1.89 bits per heavy atom. The first-order valence-electron chi connectivity index (χ1n) is 5.64. The third-order valence-electron chi connectivity index (χ3n) is 2.59. The first kappa shape index (κ1) is 15.7. The number of rotatable bonds is 5. The zero-order valence-electron chi connectivity index (χ0n) is 10.2. The molecule has 19 heavy (non-hydrogen) atoms. The first-order valence-corrected chi connectivity index (χ1v) is 5.64.